The van der Waals surface area contributed by atoms with Gasteiger partial charge in [0.05, 0.1) is 32.0 Å². The first kappa shape index (κ1) is 23.4. The van der Waals surface area contributed by atoms with Gasteiger partial charge < -0.3 is 14.4 Å². The number of methoxy groups -OCH3 is 1. The second kappa shape index (κ2) is 9.71. The van der Waals surface area contributed by atoms with Gasteiger partial charge in [-0.25, -0.2) is 0 Å². The quantitative estimate of drug-likeness (QED) is 0.382. The molecule has 1 atom stereocenters. The Kier molecular flexibility index (Phi) is 6.49. The second-order valence-electron chi connectivity index (χ2n) is 9.08. The van der Waals surface area contributed by atoms with Crippen molar-refractivity contribution in [2.75, 3.05) is 34.4 Å². The molecule has 0 radical (unpaired) electrons. The molecule has 0 spiro atoms. The summed E-state index contributed by atoms with van der Waals surface area (Å²) in [6.45, 7) is 1.94. The fourth-order valence-electron chi connectivity index (χ4n) is 4.54. The van der Waals surface area contributed by atoms with Crippen molar-refractivity contribution in [2.24, 2.45) is 5.92 Å². The maximum Gasteiger partial charge on any atom is 0.187 e. The molecule has 0 amide bonds. The molecule has 0 bridgehead atoms. The largest absolute Gasteiger partial charge is 0.497 e. The number of halogens is 1. The van der Waals surface area contributed by atoms with Crippen molar-refractivity contribution < 1.29 is 14.3 Å². The molecule has 35 heavy (non-hydrogen) atoms. The van der Waals surface area contributed by atoms with Gasteiger partial charge in [0.15, 0.2) is 5.78 Å². The molecule has 0 saturated heterocycles. The van der Waals surface area contributed by atoms with Crippen LogP contribution in [0.15, 0.2) is 42.6 Å². The van der Waals surface area contributed by atoms with E-state index in [4.69, 9.17) is 26.2 Å². The van der Waals surface area contributed by atoms with Gasteiger partial charge in [-0.3, -0.25) is 14.6 Å². The molecule has 4 aromatic rings. The molecular weight excluding hydrogens is 466 g/mol. The Morgan fingerprint density at radius 2 is 2.14 bits per heavy atom. The molecule has 5 rings (SSSR count). The predicted molar refractivity (Wildman–Crippen MR) is 136 cm³/mol. The van der Waals surface area contributed by atoms with E-state index >= 15 is 0 Å². The number of ether oxygens (including phenoxy) is 2. The number of aromatic amines is 1. The summed E-state index contributed by atoms with van der Waals surface area (Å²) >= 11 is 6.28. The number of carbonyl (C=O) groups excluding carboxylic acids is 1. The summed E-state index contributed by atoms with van der Waals surface area (Å²) in [6, 6.07) is 11.7. The number of likely N-dealkylation sites (N-methyl/N-ethyl adjacent to an activating group) is 1. The van der Waals surface area contributed by atoms with Crippen molar-refractivity contribution in [1.29, 1.82) is 0 Å². The summed E-state index contributed by atoms with van der Waals surface area (Å²) in [5.41, 5.74) is 4.11. The second-order valence-corrected chi connectivity index (χ2v) is 9.46. The number of H-pyrrole nitrogens is 1. The van der Waals surface area contributed by atoms with E-state index in [0.717, 1.165) is 45.6 Å². The van der Waals surface area contributed by atoms with Gasteiger partial charge in [-0.1, -0.05) is 17.7 Å². The lowest BCUT2D eigenvalue weighted by Gasteiger charge is -2.12. The van der Waals surface area contributed by atoms with E-state index in [9.17, 15) is 4.79 Å². The zero-order valence-corrected chi connectivity index (χ0v) is 20.8. The van der Waals surface area contributed by atoms with E-state index in [-0.39, 0.29) is 11.7 Å². The van der Waals surface area contributed by atoms with Gasteiger partial charge in [0.1, 0.15) is 22.3 Å². The van der Waals surface area contributed by atoms with Crippen LogP contribution in [0.2, 0.25) is 5.15 Å². The summed E-state index contributed by atoms with van der Waals surface area (Å²) in [5.74, 6) is 1.37. The number of carbonyl (C=O) groups is 1. The highest BCUT2D eigenvalue weighted by atomic mass is 35.5. The Bertz CT molecular complexity index is 1380. The Morgan fingerprint density at radius 1 is 1.29 bits per heavy atom. The van der Waals surface area contributed by atoms with E-state index < -0.39 is 0 Å². The normalized spacial score (nSPS) is 15.6. The minimum absolute atomic E-state index is 0.0342. The van der Waals surface area contributed by atoms with Crippen molar-refractivity contribution in [3.05, 3.63) is 59.0 Å². The number of aromatic nitrogens is 4. The van der Waals surface area contributed by atoms with Crippen molar-refractivity contribution in [1.82, 2.24) is 24.9 Å². The average Bonchev–Trinajstić information content (AvgIpc) is 3.37. The third-order valence-electron chi connectivity index (χ3n) is 6.48. The van der Waals surface area contributed by atoms with Crippen LogP contribution in [-0.4, -0.2) is 65.0 Å². The number of fused-ring (bicyclic) bond motifs is 2. The topological polar surface area (TPSA) is 85.3 Å². The van der Waals surface area contributed by atoms with Crippen molar-refractivity contribution >= 4 is 28.3 Å². The maximum atomic E-state index is 13.8. The molecule has 0 fully saturated rings. The van der Waals surface area contributed by atoms with Gasteiger partial charge in [0.2, 0.25) is 0 Å². The highest BCUT2D eigenvalue weighted by molar-refractivity contribution is 6.32. The summed E-state index contributed by atoms with van der Waals surface area (Å²) in [5, 5.41) is 12.9. The standard InChI is InChI=1S/C26H28ClN5O3/c1-31(2)9-10-32-22-14-16(21-15-28-29-26(21)27)4-6-20(22)24(30-32)25(33)17-8-11-35-23-7-5-19(34-3)13-18(23)12-17/h4-7,13-15,17H,8-12H2,1-3H3,(H,28,29). The number of benzene rings is 2. The molecule has 0 saturated carbocycles. The van der Waals surface area contributed by atoms with Crippen LogP contribution < -0.4 is 9.47 Å². The lowest BCUT2D eigenvalue weighted by molar-refractivity contribution is 0.0901. The van der Waals surface area contributed by atoms with Gasteiger partial charge in [0, 0.05) is 23.4 Å². The molecular formula is C26H28ClN5O3. The number of rotatable bonds is 7. The van der Waals surface area contributed by atoms with Crippen LogP contribution in [0.1, 0.15) is 22.5 Å². The van der Waals surface area contributed by atoms with Gasteiger partial charge in [-0.2, -0.15) is 10.2 Å². The minimum atomic E-state index is -0.230. The Morgan fingerprint density at radius 3 is 2.89 bits per heavy atom. The molecule has 1 aliphatic heterocycles. The number of nitrogens with zero attached hydrogens (tertiary/aromatic N) is 4. The molecule has 2 aromatic heterocycles. The first-order valence-corrected chi connectivity index (χ1v) is 12.0. The van der Waals surface area contributed by atoms with E-state index in [2.05, 4.69) is 15.1 Å². The molecule has 1 N–H and O–H groups in total. The Labute approximate surface area is 208 Å². The number of nitrogens with one attached hydrogen (secondary N) is 1. The molecule has 0 aliphatic carbocycles. The molecule has 182 valence electrons. The molecule has 9 heteroatoms. The zero-order valence-electron chi connectivity index (χ0n) is 20.0. The van der Waals surface area contributed by atoms with Gasteiger partial charge >= 0.3 is 0 Å². The van der Waals surface area contributed by atoms with Crippen LogP contribution in [0.3, 0.4) is 0 Å². The van der Waals surface area contributed by atoms with Crippen LogP contribution in [0, 0.1) is 5.92 Å². The summed E-state index contributed by atoms with van der Waals surface area (Å²) in [6.07, 6.45) is 2.91. The summed E-state index contributed by atoms with van der Waals surface area (Å²) in [4.78, 5) is 15.9. The zero-order chi connectivity index (χ0) is 24.5. The van der Waals surface area contributed by atoms with Crippen LogP contribution in [-0.2, 0) is 13.0 Å². The number of hydrogen-bond donors (Lipinski definition) is 1. The highest BCUT2D eigenvalue weighted by Crippen LogP contribution is 2.34. The first-order valence-electron chi connectivity index (χ1n) is 11.6. The minimum Gasteiger partial charge on any atom is -0.497 e. The van der Waals surface area contributed by atoms with Crippen LogP contribution in [0.5, 0.6) is 11.5 Å². The summed E-state index contributed by atoms with van der Waals surface area (Å²) in [7, 11) is 5.68. The number of hydrogen-bond acceptors (Lipinski definition) is 6. The summed E-state index contributed by atoms with van der Waals surface area (Å²) < 4.78 is 13.2. The third kappa shape index (κ3) is 4.63. The van der Waals surface area contributed by atoms with Gasteiger partial charge in [-0.15, -0.1) is 0 Å². The lowest BCUT2D eigenvalue weighted by Crippen LogP contribution is -2.21. The molecule has 1 aliphatic rings. The average molecular weight is 494 g/mol. The lowest BCUT2D eigenvalue weighted by atomic mass is 9.90. The molecule has 2 aromatic carbocycles. The molecule has 3 heterocycles. The van der Waals surface area contributed by atoms with Crippen molar-refractivity contribution in [3.8, 4) is 22.6 Å². The Balaban J connectivity index is 1.53. The molecule has 8 nitrogen and oxygen atoms in total. The fourth-order valence-corrected chi connectivity index (χ4v) is 4.75. The first-order chi connectivity index (χ1) is 16.9. The van der Waals surface area contributed by atoms with Crippen molar-refractivity contribution in [3.63, 3.8) is 0 Å². The smallest absolute Gasteiger partial charge is 0.187 e. The third-order valence-corrected chi connectivity index (χ3v) is 6.76. The van der Waals surface area contributed by atoms with Crippen LogP contribution in [0.25, 0.3) is 22.0 Å². The Hall–Kier alpha value is -3.36. The maximum absolute atomic E-state index is 13.8. The van der Waals surface area contributed by atoms with E-state index in [0.29, 0.717) is 36.8 Å². The predicted octanol–water partition coefficient (Wildman–Crippen LogP) is 4.47. The fraction of sp³-hybridized carbons (Fsp3) is 0.346. The highest BCUT2D eigenvalue weighted by Gasteiger charge is 2.29. The van der Waals surface area contributed by atoms with E-state index in [1.165, 1.54) is 0 Å². The monoisotopic (exact) mass is 493 g/mol. The van der Waals surface area contributed by atoms with Gasteiger partial charge in [0.25, 0.3) is 0 Å². The van der Waals surface area contributed by atoms with Crippen molar-refractivity contribution in [2.45, 2.75) is 19.4 Å². The molecule has 1 unspecified atom stereocenters. The number of Topliss-reactive ketones (excluding diaryl/α,β-unsaturated/α-hetero) is 1. The number of ketones is 1. The van der Waals surface area contributed by atoms with Crippen LogP contribution in [0.4, 0.5) is 0 Å². The van der Waals surface area contributed by atoms with E-state index in [1.54, 1.807) is 13.3 Å². The SMILES string of the molecule is COc1ccc2c(c1)CC(C(=O)c1nn(CCN(C)C)c3cc(-c4cn[nH]c4Cl)ccc13)CCO2. The van der Waals surface area contributed by atoms with E-state index in [1.807, 2.05) is 55.2 Å². The van der Waals surface area contributed by atoms with Gasteiger partial charge in [-0.05, 0) is 68.4 Å². The van der Waals surface area contributed by atoms with Crippen LogP contribution >= 0.6 is 11.6 Å².